The molecule has 164 valence electrons. The van der Waals surface area contributed by atoms with Crippen LogP contribution in [0.25, 0.3) is 5.57 Å². The SMILES string of the molecule is C=C/C=C(\c1ccn(Oc2ccc(C)cc2)c1C(C)CC)C(C)n1nc(CC)cc1C. The first-order chi connectivity index (χ1) is 14.9. The molecule has 31 heavy (non-hydrogen) atoms. The van der Waals surface area contributed by atoms with Crippen LogP contribution in [0.4, 0.5) is 0 Å². The maximum Gasteiger partial charge on any atom is 0.155 e. The zero-order chi connectivity index (χ0) is 22.5. The summed E-state index contributed by atoms with van der Waals surface area (Å²) in [5, 5.41) is 4.84. The molecule has 0 radical (unpaired) electrons. The normalized spacial score (nSPS) is 13.8. The number of hydrogen-bond donors (Lipinski definition) is 0. The van der Waals surface area contributed by atoms with Crippen molar-refractivity contribution in [1.29, 1.82) is 0 Å². The molecule has 0 aliphatic rings. The maximum atomic E-state index is 6.27. The molecule has 0 saturated carbocycles. The van der Waals surface area contributed by atoms with Crippen LogP contribution in [0, 0.1) is 13.8 Å². The second-order valence-corrected chi connectivity index (χ2v) is 8.26. The summed E-state index contributed by atoms with van der Waals surface area (Å²) >= 11 is 0. The van der Waals surface area contributed by atoms with Crippen LogP contribution in [0.15, 0.2) is 61.3 Å². The van der Waals surface area contributed by atoms with E-state index in [1.54, 1.807) is 0 Å². The second-order valence-electron chi connectivity index (χ2n) is 8.26. The molecular formula is C27H35N3O. The molecule has 0 amide bonds. The molecule has 2 aromatic heterocycles. The van der Waals surface area contributed by atoms with Crippen molar-refractivity contribution in [3.05, 3.63) is 89.5 Å². The molecule has 1 aromatic carbocycles. The van der Waals surface area contributed by atoms with E-state index < -0.39 is 0 Å². The standard InChI is InChI=1S/C27H35N3O/c1-8-11-25(22(7)30-21(6)18-23(10-3)28-30)26-16-17-29(27(26)20(5)9-2)31-24-14-12-19(4)13-15-24/h8,11-18,20,22H,1,9-10H2,2-7H3/b25-11-. The molecule has 0 saturated heterocycles. The summed E-state index contributed by atoms with van der Waals surface area (Å²) < 4.78 is 4.04. The largest absolute Gasteiger partial charge is 0.376 e. The molecule has 0 aliphatic heterocycles. The van der Waals surface area contributed by atoms with Crippen LogP contribution in [0.1, 0.15) is 74.3 Å². The summed E-state index contributed by atoms with van der Waals surface area (Å²) in [6.45, 7) is 17.0. The van der Waals surface area contributed by atoms with Gasteiger partial charge in [0.25, 0.3) is 0 Å². The molecule has 0 N–H and O–H groups in total. The average molecular weight is 418 g/mol. The van der Waals surface area contributed by atoms with Gasteiger partial charge in [0.2, 0.25) is 0 Å². The highest BCUT2D eigenvalue weighted by molar-refractivity contribution is 5.72. The highest BCUT2D eigenvalue weighted by Gasteiger charge is 2.24. The van der Waals surface area contributed by atoms with Crippen LogP contribution in [-0.2, 0) is 6.42 Å². The Bertz CT molecular complexity index is 1050. The van der Waals surface area contributed by atoms with Crippen LogP contribution in [0.2, 0.25) is 0 Å². The van der Waals surface area contributed by atoms with Gasteiger partial charge in [-0.15, -0.1) is 0 Å². The number of aromatic nitrogens is 3. The van der Waals surface area contributed by atoms with E-state index in [2.05, 4.69) is 83.1 Å². The van der Waals surface area contributed by atoms with Crippen molar-refractivity contribution in [1.82, 2.24) is 14.5 Å². The Kier molecular flexibility index (Phi) is 7.21. The van der Waals surface area contributed by atoms with Gasteiger partial charge in [0.1, 0.15) is 0 Å². The van der Waals surface area contributed by atoms with Crippen LogP contribution < -0.4 is 4.84 Å². The number of rotatable bonds is 9. The smallest absolute Gasteiger partial charge is 0.155 e. The molecule has 0 fully saturated rings. The van der Waals surface area contributed by atoms with Crippen molar-refractivity contribution < 1.29 is 4.84 Å². The molecule has 0 aliphatic carbocycles. The highest BCUT2D eigenvalue weighted by Crippen LogP contribution is 2.36. The number of aryl methyl sites for hydroxylation is 3. The van der Waals surface area contributed by atoms with Gasteiger partial charge in [0.05, 0.1) is 17.4 Å². The van der Waals surface area contributed by atoms with Crippen LogP contribution >= 0.6 is 0 Å². The van der Waals surface area contributed by atoms with Crippen molar-refractivity contribution in [3.8, 4) is 5.75 Å². The Morgan fingerprint density at radius 1 is 1.13 bits per heavy atom. The van der Waals surface area contributed by atoms with Crippen LogP contribution in [-0.4, -0.2) is 14.5 Å². The summed E-state index contributed by atoms with van der Waals surface area (Å²) in [5.74, 6) is 1.16. The number of allylic oxidation sites excluding steroid dienone is 3. The number of benzene rings is 1. The first-order valence-electron chi connectivity index (χ1n) is 11.2. The van der Waals surface area contributed by atoms with Gasteiger partial charge >= 0.3 is 0 Å². The maximum absolute atomic E-state index is 6.27. The predicted molar refractivity (Wildman–Crippen MR) is 130 cm³/mol. The zero-order valence-corrected chi connectivity index (χ0v) is 19.7. The predicted octanol–water partition coefficient (Wildman–Crippen LogP) is 7.05. The van der Waals surface area contributed by atoms with E-state index in [0.29, 0.717) is 5.92 Å². The minimum Gasteiger partial charge on any atom is -0.376 e. The zero-order valence-electron chi connectivity index (χ0n) is 19.7. The van der Waals surface area contributed by atoms with E-state index in [1.165, 1.54) is 28.1 Å². The second kappa shape index (κ2) is 9.86. The van der Waals surface area contributed by atoms with E-state index in [4.69, 9.17) is 9.94 Å². The minimum atomic E-state index is 0.0799. The first kappa shape index (κ1) is 22.7. The minimum absolute atomic E-state index is 0.0799. The van der Waals surface area contributed by atoms with E-state index >= 15 is 0 Å². The van der Waals surface area contributed by atoms with Crippen molar-refractivity contribution in [3.63, 3.8) is 0 Å². The van der Waals surface area contributed by atoms with E-state index in [0.717, 1.165) is 24.3 Å². The average Bonchev–Trinajstić information content (AvgIpc) is 3.35. The fourth-order valence-corrected chi connectivity index (χ4v) is 3.97. The molecule has 0 bridgehead atoms. The quantitative estimate of drug-likeness (QED) is 0.349. The monoisotopic (exact) mass is 417 g/mol. The molecule has 4 nitrogen and oxygen atoms in total. The lowest BCUT2D eigenvalue weighted by Crippen LogP contribution is -2.15. The topological polar surface area (TPSA) is 32.0 Å². The lowest BCUT2D eigenvalue weighted by atomic mass is 9.93. The summed E-state index contributed by atoms with van der Waals surface area (Å²) in [5.41, 5.74) is 7.04. The Morgan fingerprint density at radius 3 is 2.42 bits per heavy atom. The van der Waals surface area contributed by atoms with E-state index in [-0.39, 0.29) is 6.04 Å². The summed E-state index contributed by atoms with van der Waals surface area (Å²) in [6.07, 6.45) is 7.94. The van der Waals surface area contributed by atoms with Gasteiger partial charge in [-0.3, -0.25) is 4.68 Å². The Labute approximate surface area is 186 Å². The summed E-state index contributed by atoms with van der Waals surface area (Å²) in [7, 11) is 0. The van der Waals surface area contributed by atoms with Gasteiger partial charge in [-0.2, -0.15) is 9.83 Å². The Morgan fingerprint density at radius 2 is 1.84 bits per heavy atom. The molecule has 0 spiro atoms. The number of nitrogens with zero attached hydrogens (tertiary/aromatic N) is 3. The Balaban J connectivity index is 2.06. The summed E-state index contributed by atoms with van der Waals surface area (Å²) in [4.78, 5) is 6.27. The first-order valence-corrected chi connectivity index (χ1v) is 11.2. The van der Waals surface area contributed by atoms with Crippen molar-refractivity contribution >= 4 is 5.57 Å². The fourth-order valence-electron chi connectivity index (χ4n) is 3.97. The highest BCUT2D eigenvalue weighted by atomic mass is 16.7. The Hall–Kier alpha value is -3.01. The van der Waals surface area contributed by atoms with Crippen LogP contribution in [0.5, 0.6) is 5.75 Å². The lowest BCUT2D eigenvalue weighted by Gasteiger charge is -2.22. The van der Waals surface area contributed by atoms with Gasteiger partial charge < -0.3 is 4.84 Å². The fraction of sp³-hybridized carbons (Fsp3) is 0.370. The molecular weight excluding hydrogens is 382 g/mol. The third-order valence-electron chi connectivity index (χ3n) is 5.95. The molecule has 3 rings (SSSR count). The van der Waals surface area contributed by atoms with Crippen molar-refractivity contribution in [2.24, 2.45) is 0 Å². The third kappa shape index (κ3) is 4.84. The van der Waals surface area contributed by atoms with Gasteiger partial charge in [0, 0.05) is 23.4 Å². The lowest BCUT2D eigenvalue weighted by molar-refractivity contribution is 0.203. The van der Waals surface area contributed by atoms with Crippen LogP contribution in [0.3, 0.4) is 0 Å². The summed E-state index contributed by atoms with van der Waals surface area (Å²) in [6, 6.07) is 12.6. The van der Waals surface area contributed by atoms with Gasteiger partial charge in [-0.1, -0.05) is 57.2 Å². The molecule has 3 aromatic rings. The third-order valence-corrected chi connectivity index (χ3v) is 5.95. The van der Waals surface area contributed by atoms with Gasteiger partial charge in [-0.05, 0) is 63.5 Å². The molecule has 2 unspecified atom stereocenters. The van der Waals surface area contributed by atoms with Gasteiger partial charge in [-0.25, -0.2) is 0 Å². The van der Waals surface area contributed by atoms with E-state index in [1.807, 2.05) is 29.1 Å². The molecule has 2 heterocycles. The van der Waals surface area contributed by atoms with Crippen molar-refractivity contribution in [2.75, 3.05) is 0 Å². The van der Waals surface area contributed by atoms with E-state index in [9.17, 15) is 0 Å². The molecule has 4 heteroatoms. The molecule has 2 atom stereocenters. The van der Waals surface area contributed by atoms with Crippen molar-refractivity contribution in [2.45, 2.75) is 66.3 Å². The number of hydrogen-bond acceptors (Lipinski definition) is 2. The van der Waals surface area contributed by atoms with Gasteiger partial charge in [0.15, 0.2) is 5.75 Å².